The molecule has 168 valence electrons. The highest BCUT2D eigenvalue weighted by Crippen LogP contribution is 2.31. The highest BCUT2D eigenvalue weighted by Gasteiger charge is 2.35. The van der Waals surface area contributed by atoms with Crippen LogP contribution in [0.2, 0.25) is 0 Å². The molecule has 1 saturated heterocycles. The average Bonchev–Trinajstić information content (AvgIpc) is 2.79. The normalized spacial score (nSPS) is 15.8. The highest BCUT2D eigenvalue weighted by molar-refractivity contribution is 7.89. The fraction of sp³-hybridized carbons (Fsp3) is 0.250. The second-order valence-corrected chi connectivity index (χ2v) is 9.07. The molecule has 1 aliphatic rings. The zero-order valence-electron chi connectivity index (χ0n) is 16.5. The summed E-state index contributed by atoms with van der Waals surface area (Å²) in [5, 5.41) is 0. The molecule has 0 atom stereocenters. The molecule has 1 aromatic carbocycles. The lowest BCUT2D eigenvalue weighted by molar-refractivity contribution is -0.137. The Balaban J connectivity index is 1.51. The van der Waals surface area contributed by atoms with E-state index in [2.05, 4.69) is 4.98 Å². The highest BCUT2D eigenvalue weighted by atomic mass is 32.2. The summed E-state index contributed by atoms with van der Waals surface area (Å²) in [6, 6.07) is 8.47. The number of sulfonamides is 1. The maximum atomic E-state index is 12.9. The Labute approximate surface area is 180 Å². The van der Waals surface area contributed by atoms with Gasteiger partial charge in [-0.3, -0.25) is 14.0 Å². The minimum atomic E-state index is -4.67. The molecule has 1 fully saturated rings. The Kier molecular flexibility index (Phi) is 5.51. The van der Waals surface area contributed by atoms with Gasteiger partial charge >= 0.3 is 6.18 Å². The molecule has 0 bridgehead atoms. The lowest BCUT2D eigenvalue weighted by Crippen LogP contribution is -2.51. The van der Waals surface area contributed by atoms with E-state index in [0.29, 0.717) is 11.7 Å². The molecule has 0 aliphatic carbocycles. The number of hydrogen-bond donors (Lipinski definition) is 0. The first-order valence-corrected chi connectivity index (χ1v) is 11.0. The van der Waals surface area contributed by atoms with Crippen LogP contribution in [0.3, 0.4) is 0 Å². The van der Waals surface area contributed by atoms with Crippen LogP contribution in [-0.4, -0.2) is 59.1 Å². The first-order valence-electron chi connectivity index (χ1n) is 9.52. The summed E-state index contributed by atoms with van der Waals surface area (Å²) >= 11 is 0. The van der Waals surface area contributed by atoms with Crippen molar-refractivity contribution >= 4 is 21.6 Å². The smallest absolute Gasteiger partial charge is 0.336 e. The predicted molar refractivity (Wildman–Crippen MR) is 108 cm³/mol. The molecule has 0 radical (unpaired) electrons. The number of pyridine rings is 1. The number of piperazine rings is 1. The summed E-state index contributed by atoms with van der Waals surface area (Å²) in [6.45, 7) is -0.277. The van der Waals surface area contributed by atoms with E-state index in [-0.39, 0.29) is 31.7 Å². The fourth-order valence-electron chi connectivity index (χ4n) is 3.46. The Morgan fingerprint density at radius 1 is 1.00 bits per heavy atom. The van der Waals surface area contributed by atoms with Crippen molar-refractivity contribution < 1.29 is 26.4 Å². The molecule has 3 aromatic rings. The molecule has 0 unspecified atom stereocenters. The zero-order valence-corrected chi connectivity index (χ0v) is 17.3. The van der Waals surface area contributed by atoms with E-state index >= 15 is 0 Å². The lowest BCUT2D eigenvalue weighted by Gasteiger charge is -2.34. The third-order valence-corrected chi connectivity index (χ3v) is 7.06. The molecular weight excluding hydrogens is 449 g/mol. The molecule has 4 rings (SSSR count). The molecule has 32 heavy (non-hydrogen) atoms. The van der Waals surface area contributed by atoms with Gasteiger partial charge < -0.3 is 4.90 Å². The largest absolute Gasteiger partial charge is 0.416 e. The Hall–Kier alpha value is -3.25. The Morgan fingerprint density at radius 2 is 1.72 bits per heavy atom. The van der Waals surface area contributed by atoms with Gasteiger partial charge in [0.2, 0.25) is 10.0 Å². The van der Waals surface area contributed by atoms with Gasteiger partial charge in [-0.2, -0.15) is 17.5 Å². The van der Waals surface area contributed by atoms with Gasteiger partial charge in [-0.1, -0.05) is 12.1 Å². The van der Waals surface area contributed by atoms with E-state index in [1.807, 2.05) is 0 Å². The number of hydrogen-bond acceptors (Lipinski definition) is 5. The summed E-state index contributed by atoms with van der Waals surface area (Å²) in [5.74, 6) is -0.586. The van der Waals surface area contributed by atoms with E-state index in [1.165, 1.54) is 21.7 Å². The van der Waals surface area contributed by atoms with Gasteiger partial charge in [0.15, 0.2) is 0 Å². The van der Waals surface area contributed by atoms with Crippen LogP contribution in [0.5, 0.6) is 0 Å². The maximum absolute atomic E-state index is 12.9. The number of halogens is 3. The second-order valence-electron chi connectivity index (χ2n) is 7.13. The summed E-state index contributed by atoms with van der Waals surface area (Å²) in [6.07, 6.45) is -1.99. The van der Waals surface area contributed by atoms with E-state index in [9.17, 15) is 31.2 Å². The molecular formula is C20H17F3N4O4S. The first kappa shape index (κ1) is 22.0. The third-order valence-electron chi connectivity index (χ3n) is 5.17. The van der Waals surface area contributed by atoms with Crippen LogP contribution in [0, 0.1) is 0 Å². The van der Waals surface area contributed by atoms with Crippen LogP contribution in [0.25, 0.3) is 5.65 Å². The lowest BCUT2D eigenvalue weighted by atomic mass is 10.2. The number of aromatic nitrogens is 2. The van der Waals surface area contributed by atoms with E-state index in [1.54, 1.807) is 18.2 Å². The Bertz CT molecular complexity index is 1350. The summed E-state index contributed by atoms with van der Waals surface area (Å²) < 4.78 is 66.7. The first-order chi connectivity index (χ1) is 15.1. The average molecular weight is 466 g/mol. The number of amides is 1. The van der Waals surface area contributed by atoms with Gasteiger partial charge in [0, 0.05) is 38.6 Å². The number of alkyl halides is 3. The molecule has 12 heteroatoms. The monoisotopic (exact) mass is 466 g/mol. The minimum absolute atomic E-state index is 0.0199. The molecule has 8 nitrogen and oxygen atoms in total. The number of carbonyl (C=O) groups is 1. The van der Waals surface area contributed by atoms with Gasteiger partial charge in [-0.05, 0) is 30.3 Å². The van der Waals surface area contributed by atoms with E-state index in [4.69, 9.17) is 0 Å². The van der Waals surface area contributed by atoms with Crippen molar-refractivity contribution in [1.29, 1.82) is 0 Å². The van der Waals surface area contributed by atoms with Crippen molar-refractivity contribution in [2.45, 2.75) is 11.1 Å². The maximum Gasteiger partial charge on any atom is 0.416 e. The number of benzene rings is 1. The molecule has 0 saturated carbocycles. The molecule has 0 spiro atoms. The number of rotatable bonds is 3. The van der Waals surface area contributed by atoms with Crippen molar-refractivity contribution in [2.75, 3.05) is 26.2 Å². The Morgan fingerprint density at radius 3 is 2.41 bits per heavy atom. The fourth-order valence-corrected chi connectivity index (χ4v) is 4.93. The number of fused-ring (bicyclic) bond motifs is 1. The van der Waals surface area contributed by atoms with Crippen molar-refractivity contribution in [3.05, 3.63) is 76.3 Å². The van der Waals surface area contributed by atoms with Crippen molar-refractivity contribution in [3.63, 3.8) is 0 Å². The zero-order chi connectivity index (χ0) is 23.1. The van der Waals surface area contributed by atoms with E-state index in [0.717, 1.165) is 22.5 Å². The van der Waals surface area contributed by atoms with Crippen LogP contribution in [0.4, 0.5) is 13.2 Å². The third kappa shape index (κ3) is 3.98. The summed E-state index contributed by atoms with van der Waals surface area (Å²) in [4.78, 5) is 30.4. The van der Waals surface area contributed by atoms with E-state index < -0.39 is 38.1 Å². The number of nitrogens with zero attached hydrogens (tertiary/aromatic N) is 4. The van der Waals surface area contributed by atoms with Gasteiger partial charge in [-0.15, -0.1) is 0 Å². The molecule has 2 aromatic heterocycles. The summed E-state index contributed by atoms with van der Waals surface area (Å²) in [5.41, 5.74) is -1.37. The van der Waals surface area contributed by atoms with Crippen LogP contribution in [0.1, 0.15) is 15.9 Å². The predicted octanol–water partition coefficient (Wildman–Crippen LogP) is 1.86. The van der Waals surface area contributed by atoms with Gasteiger partial charge in [0.05, 0.1) is 10.5 Å². The summed E-state index contributed by atoms with van der Waals surface area (Å²) in [7, 11) is -4.18. The molecule has 1 amide bonds. The topological polar surface area (TPSA) is 92.1 Å². The van der Waals surface area contributed by atoms with Crippen LogP contribution in [-0.2, 0) is 16.2 Å². The quantitative estimate of drug-likeness (QED) is 0.588. The van der Waals surface area contributed by atoms with Crippen molar-refractivity contribution in [1.82, 2.24) is 18.6 Å². The standard InChI is InChI=1S/C20H17F3N4O4S/c21-20(22,23)14-4-3-5-15(12-14)32(30,31)26-10-8-25(9-11-26)18(28)16-13-24-17-6-1-2-7-27(17)19(16)29/h1-7,12-13H,8-11H2. The van der Waals surface area contributed by atoms with Crippen LogP contribution in [0.15, 0.2) is 64.5 Å². The number of carbonyl (C=O) groups excluding carboxylic acids is 1. The molecule has 3 heterocycles. The van der Waals surface area contributed by atoms with Crippen molar-refractivity contribution in [2.24, 2.45) is 0 Å². The molecule has 1 aliphatic heterocycles. The SMILES string of the molecule is O=C(c1cnc2ccccn2c1=O)N1CCN(S(=O)(=O)c2cccc(C(F)(F)F)c2)CC1. The molecule has 0 N–H and O–H groups in total. The van der Waals surface area contributed by atoms with Crippen LogP contribution >= 0.6 is 0 Å². The van der Waals surface area contributed by atoms with Gasteiger partial charge in [0.1, 0.15) is 11.2 Å². The minimum Gasteiger partial charge on any atom is -0.336 e. The second kappa shape index (κ2) is 8.02. The van der Waals surface area contributed by atoms with Gasteiger partial charge in [-0.25, -0.2) is 13.4 Å². The van der Waals surface area contributed by atoms with Crippen LogP contribution < -0.4 is 5.56 Å². The van der Waals surface area contributed by atoms with Crippen molar-refractivity contribution in [3.8, 4) is 0 Å². The van der Waals surface area contributed by atoms with Gasteiger partial charge in [0.25, 0.3) is 11.5 Å².